The van der Waals surface area contributed by atoms with Crippen LogP contribution in [0.1, 0.15) is 25.0 Å². The quantitative estimate of drug-likeness (QED) is 0.168. The lowest BCUT2D eigenvalue weighted by Crippen LogP contribution is -2.30. The molecule has 0 unspecified atom stereocenters. The van der Waals surface area contributed by atoms with Gasteiger partial charge in [-0.1, -0.05) is 159 Å². The van der Waals surface area contributed by atoms with Gasteiger partial charge in [0.15, 0.2) is 0 Å². The van der Waals surface area contributed by atoms with E-state index in [4.69, 9.17) is 9.97 Å². The Hall–Kier alpha value is -7.56. The first-order valence-electron chi connectivity index (χ1n) is 20.3. The number of hydrogen-bond acceptors (Lipinski definition) is 3. The molecule has 4 heteroatoms. The summed E-state index contributed by atoms with van der Waals surface area (Å²) < 4.78 is 2.30. The molecule has 278 valence electrons. The minimum absolute atomic E-state index is 0.239. The lowest BCUT2D eigenvalue weighted by molar-refractivity contribution is 0.632. The van der Waals surface area contributed by atoms with Gasteiger partial charge in [0.05, 0.1) is 33.6 Å². The van der Waals surface area contributed by atoms with Crippen molar-refractivity contribution in [3.05, 3.63) is 205 Å². The molecule has 3 heterocycles. The second-order valence-corrected chi connectivity index (χ2v) is 16.2. The lowest BCUT2D eigenvalue weighted by atomic mass is 9.73. The van der Waals surface area contributed by atoms with Crippen LogP contribution in [-0.4, -0.2) is 14.5 Å². The van der Waals surface area contributed by atoms with E-state index in [1.54, 1.807) is 0 Å². The summed E-state index contributed by atoms with van der Waals surface area (Å²) in [6.45, 7) is 4.73. The zero-order valence-corrected chi connectivity index (χ0v) is 32.8. The molecule has 0 saturated carbocycles. The fourth-order valence-corrected chi connectivity index (χ4v) is 9.78. The van der Waals surface area contributed by atoms with E-state index >= 15 is 0 Å². The van der Waals surface area contributed by atoms with Crippen LogP contribution in [0.4, 0.5) is 17.1 Å². The van der Waals surface area contributed by atoms with E-state index in [-0.39, 0.29) is 5.41 Å². The van der Waals surface area contributed by atoms with Gasteiger partial charge >= 0.3 is 0 Å². The fraction of sp³-hybridized carbons (Fsp3) is 0.0545. The SMILES string of the molecule is CC1(C)c2ccccc2N(c2ccccc2)c2ccc(-c3cccc4c3c3c5ccccc5ccc3n4-c3nc(-c4ccccc4)c4ccc5ccccc5c4n3)cc21. The second kappa shape index (κ2) is 12.7. The number of rotatable bonds is 4. The monoisotopic (exact) mass is 754 g/mol. The molecule has 9 aromatic carbocycles. The number of aromatic nitrogens is 3. The predicted octanol–water partition coefficient (Wildman–Crippen LogP) is 14.5. The van der Waals surface area contributed by atoms with E-state index in [0.29, 0.717) is 5.95 Å². The number of para-hydroxylation sites is 2. The molecule has 11 aromatic rings. The predicted molar refractivity (Wildman–Crippen MR) is 247 cm³/mol. The van der Waals surface area contributed by atoms with Crippen molar-refractivity contribution in [1.29, 1.82) is 0 Å². The van der Waals surface area contributed by atoms with Gasteiger partial charge in [-0.2, -0.15) is 0 Å². The van der Waals surface area contributed by atoms with E-state index in [1.807, 2.05) is 0 Å². The highest BCUT2D eigenvalue weighted by Crippen LogP contribution is 2.53. The van der Waals surface area contributed by atoms with Gasteiger partial charge in [0.25, 0.3) is 0 Å². The van der Waals surface area contributed by atoms with E-state index in [1.165, 1.54) is 55.2 Å². The molecule has 0 atom stereocenters. The van der Waals surface area contributed by atoms with Crippen molar-refractivity contribution < 1.29 is 0 Å². The van der Waals surface area contributed by atoms with E-state index in [9.17, 15) is 0 Å². The lowest BCUT2D eigenvalue weighted by Gasteiger charge is -2.42. The zero-order valence-electron chi connectivity index (χ0n) is 32.8. The highest BCUT2D eigenvalue weighted by atomic mass is 15.2. The summed E-state index contributed by atoms with van der Waals surface area (Å²) in [5.74, 6) is 0.654. The van der Waals surface area contributed by atoms with Crippen LogP contribution in [0, 0.1) is 0 Å². The first-order chi connectivity index (χ1) is 29.0. The molecule has 0 N–H and O–H groups in total. The minimum atomic E-state index is -0.239. The average Bonchev–Trinajstić information content (AvgIpc) is 3.64. The van der Waals surface area contributed by atoms with Gasteiger partial charge in [-0.25, -0.2) is 9.97 Å². The Morgan fingerprint density at radius 3 is 1.93 bits per heavy atom. The first-order valence-corrected chi connectivity index (χ1v) is 20.3. The second-order valence-electron chi connectivity index (χ2n) is 16.2. The normalized spacial score (nSPS) is 13.4. The molecule has 0 aliphatic carbocycles. The third-order valence-electron chi connectivity index (χ3n) is 12.6. The molecule has 0 radical (unpaired) electrons. The van der Waals surface area contributed by atoms with Crippen molar-refractivity contribution in [3.8, 4) is 28.3 Å². The molecule has 4 nitrogen and oxygen atoms in total. The van der Waals surface area contributed by atoms with Crippen LogP contribution in [0.3, 0.4) is 0 Å². The maximum Gasteiger partial charge on any atom is 0.235 e. The summed E-state index contributed by atoms with van der Waals surface area (Å²) in [4.78, 5) is 13.4. The van der Waals surface area contributed by atoms with E-state index < -0.39 is 0 Å². The van der Waals surface area contributed by atoms with Crippen LogP contribution >= 0.6 is 0 Å². The van der Waals surface area contributed by atoms with Gasteiger partial charge in [-0.15, -0.1) is 0 Å². The van der Waals surface area contributed by atoms with Crippen molar-refractivity contribution >= 4 is 71.3 Å². The molecule has 0 saturated heterocycles. The Kier molecular flexibility index (Phi) is 7.24. The van der Waals surface area contributed by atoms with Gasteiger partial charge in [0.2, 0.25) is 5.95 Å². The molecular weight excluding hydrogens is 717 g/mol. The molecule has 1 aliphatic rings. The zero-order chi connectivity index (χ0) is 39.2. The van der Waals surface area contributed by atoms with Crippen molar-refractivity contribution in [1.82, 2.24) is 14.5 Å². The van der Waals surface area contributed by atoms with E-state index in [0.717, 1.165) is 49.7 Å². The molecule has 0 amide bonds. The number of benzene rings is 9. The molecule has 12 rings (SSSR count). The molecule has 59 heavy (non-hydrogen) atoms. The fourth-order valence-electron chi connectivity index (χ4n) is 9.78. The van der Waals surface area contributed by atoms with Crippen LogP contribution in [0.25, 0.3) is 82.6 Å². The third kappa shape index (κ3) is 4.96. The van der Waals surface area contributed by atoms with Gasteiger partial charge in [0.1, 0.15) is 0 Å². The van der Waals surface area contributed by atoms with Crippen molar-refractivity contribution in [2.45, 2.75) is 19.3 Å². The van der Waals surface area contributed by atoms with Crippen molar-refractivity contribution in [2.75, 3.05) is 4.90 Å². The molecule has 2 aromatic heterocycles. The summed E-state index contributed by atoms with van der Waals surface area (Å²) in [6.07, 6.45) is 0. The summed E-state index contributed by atoms with van der Waals surface area (Å²) in [5, 5.41) is 8.10. The maximum absolute atomic E-state index is 5.50. The Morgan fingerprint density at radius 2 is 1.10 bits per heavy atom. The largest absolute Gasteiger partial charge is 0.310 e. The van der Waals surface area contributed by atoms with Crippen molar-refractivity contribution in [2.24, 2.45) is 0 Å². The topological polar surface area (TPSA) is 34.0 Å². The third-order valence-corrected chi connectivity index (χ3v) is 12.6. The van der Waals surface area contributed by atoms with Gasteiger partial charge in [-0.05, 0) is 86.9 Å². The standard InChI is InChI=1S/C55H38N4/c1-55(2)44-25-13-14-26-46(44)58(39-20-7-4-8-21-39)47-32-30-38(34-45(47)55)41-24-15-27-48-51(41)50-40-22-11-9-16-35(40)29-33-49(50)59(48)54-56-52(37-18-5-3-6-19-37)43-31-28-36-17-10-12-23-42(36)53(43)57-54/h3-34H,1-2H3. The first kappa shape index (κ1) is 33.6. The van der Waals surface area contributed by atoms with Crippen molar-refractivity contribution in [3.63, 3.8) is 0 Å². The number of anilines is 3. The van der Waals surface area contributed by atoms with Crippen LogP contribution in [0.15, 0.2) is 194 Å². The maximum atomic E-state index is 5.50. The Bertz CT molecular complexity index is 3470. The summed E-state index contributed by atoms with van der Waals surface area (Å²) in [7, 11) is 0. The number of nitrogens with zero attached hydrogens (tertiary/aromatic N) is 4. The molecule has 0 fully saturated rings. The molecule has 0 spiro atoms. The minimum Gasteiger partial charge on any atom is -0.310 e. The molecule has 1 aliphatic heterocycles. The molecular formula is C55H38N4. The Labute approximate surface area is 342 Å². The van der Waals surface area contributed by atoms with E-state index in [2.05, 4.69) is 217 Å². The number of fused-ring (bicyclic) bond motifs is 10. The van der Waals surface area contributed by atoms with Gasteiger partial charge in [0, 0.05) is 38.2 Å². The van der Waals surface area contributed by atoms with Crippen LogP contribution < -0.4 is 4.90 Å². The summed E-state index contributed by atoms with van der Waals surface area (Å²) >= 11 is 0. The number of hydrogen-bond donors (Lipinski definition) is 0. The van der Waals surface area contributed by atoms with Gasteiger partial charge < -0.3 is 4.90 Å². The average molecular weight is 755 g/mol. The highest BCUT2D eigenvalue weighted by Gasteiger charge is 2.37. The van der Waals surface area contributed by atoms with Gasteiger partial charge in [-0.3, -0.25) is 4.57 Å². The van der Waals surface area contributed by atoms with Crippen LogP contribution in [0.2, 0.25) is 0 Å². The summed E-state index contributed by atoms with van der Waals surface area (Å²) in [6, 6.07) is 70.0. The summed E-state index contributed by atoms with van der Waals surface area (Å²) in [5.41, 5.74) is 13.4. The molecule has 0 bridgehead atoms. The highest BCUT2D eigenvalue weighted by molar-refractivity contribution is 6.25. The Balaban J connectivity index is 1.16. The Morgan fingerprint density at radius 1 is 0.441 bits per heavy atom. The van der Waals surface area contributed by atoms with Crippen LogP contribution in [-0.2, 0) is 5.41 Å². The smallest absolute Gasteiger partial charge is 0.235 e. The van der Waals surface area contributed by atoms with Crippen LogP contribution in [0.5, 0.6) is 0 Å².